The van der Waals surface area contributed by atoms with Crippen LogP contribution in [0.25, 0.3) is 0 Å². The molecule has 0 aliphatic rings. The molecule has 1 aromatic rings. The molecule has 0 saturated carbocycles. The Hall–Kier alpha value is -1.54. The smallest absolute Gasteiger partial charge is 0.243 e. The zero-order chi connectivity index (χ0) is 13.3. The second-order valence-electron chi connectivity index (χ2n) is 3.98. The molecule has 0 atom stereocenters. The number of hydrogen-bond acceptors (Lipinski definition) is 4. The van der Waals surface area contributed by atoms with Gasteiger partial charge in [-0.3, -0.25) is 10.4 Å². The first kappa shape index (κ1) is 13.5. The Labute approximate surface area is 98.6 Å². The number of pyridine rings is 1. The number of amidine groups is 1. The van der Waals surface area contributed by atoms with Crippen molar-refractivity contribution >= 4 is 15.9 Å². The van der Waals surface area contributed by atoms with Gasteiger partial charge in [-0.2, -0.15) is 4.72 Å². The van der Waals surface area contributed by atoms with E-state index < -0.39 is 21.4 Å². The maximum atomic E-state index is 12.9. The summed E-state index contributed by atoms with van der Waals surface area (Å²) in [7, 11) is -3.96. The first-order valence-electron chi connectivity index (χ1n) is 4.64. The summed E-state index contributed by atoms with van der Waals surface area (Å²) in [6, 6.07) is 0.839. The van der Waals surface area contributed by atoms with Crippen LogP contribution in [0.3, 0.4) is 0 Å². The highest BCUT2D eigenvalue weighted by molar-refractivity contribution is 7.89. The molecule has 0 unspecified atom stereocenters. The molecule has 1 aromatic heterocycles. The molecule has 0 aromatic carbocycles. The average molecular weight is 260 g/mol. The fourth-order valence-electron chi connectivity index (χ4n) is 0.989. The lowest BCUT2D eigenvalue weighted by Crippen LogP contribution is -2.52. The number of halogens is 1. The van der Waals surface area contributed by atoms with E-state index in [0.29, 0.717) is 0 Å². The lowest BCUT2D eigenvalue weighted by atomic mass is 10.1. The predicted octanol–water partition coefficient (Wildman–Crippen LogP) is 0.214. The summed E-state index contributed by atoms with van der Waals surface area (Å²) in [6.45, 7) is 2.86. The van der Waals surface area contributed by atoms with E-state index in [1.807, 2.05) is 0 Å². The molecule has 0 radical (unpaired) electrons. The molecule has 4 N–H and O–H groups in total. The zero-order valence-corrected chi connectivity index (χ0v) is 10.2. The lowest BCUT2D eigenvalue weighted by Gasteiger charge is -2.24. The number of hydrogen-bond donors (Lipinski definition) is 3. The van der Waals surface area contributed by atoms with E-state index in [-0.39, 0.29) is 10.7 Å². The summed E-state index contributed by atoms with van der Waals surface area (Å²) >= 11 is 0. The van der Waals surface area contributed by atoms with Gasteiger partial charge >= 0.3 is 0 Å². The molecule has 1 heterocycles. The summed E-state index contributed by atoms with van der Waals surface area (Å²) in [5, 5.41) is 7.24. The first-order valence-corrected chi connectivity index (χ1v) is 6.12. The topological polar surface area (TPSA) is 109 Å². The molecule has 8 heteroatoms. The van der Waals surface area contributed by atoms with Crippen molar-refractivity contribution in [1.29, 1.82) is 5.41 Å². The van der Waals surface area contributed by atoms with Crippen molar-refractivity contribution in [2.24, 2.45) is 5.73 Å². The van der Waals surface area contributed by atoms with Crippen LogP contribution >= 0.6 is 0 Å². The van der Waals surface area contributed by atoms with Crippen LogP contribution in [0.4, 0.5) is 4.39 Å². The molecule has 94 valence electrons. The standard InChI is InChI=1S/C9H13FN4O2S/c1-9(2,8(11)12)14-17(15,16)7-3-6(10)4-13-5-7/h3-5,14H,1-2H3,(H3,11,12). The van der Waals surface area contributed by atoms with E-state index in [9.17, 15) is 12.8 Å². The molecule has 0 aliphatic carbocycles. The second kappa shape index (κ2) is 4.38. The summed E-state index contributed by atoms with van der Waals surface area (Å²) in [5.41, 5.74) is 4.01. The normalized spacial score (nSPS) is 12.4. The van der Waals surface area contributed by atoms with Crippen molar-refractivity contribution in [3.8, 4) is 0 Å². The molecule has 0 fully saturated rings. The molecule has 0 spiro atoms. The number of sulfonamides is 1. The third kappa shape index (κ3) is 3.21. The van der Waals surface area contributed by atoms with Gasteiger partial charge in [0.05, 0.1) is 11.7 Å². The maximum absolute atomic E-state index is 12.9. The largest absolute Gasteiger partial charge is 0.386 e. The minimum absolute atomic E-state index is 0.313. The zero-order valence-electron chi connectivity index (χ0n) is 9.36. The predicted molar refractivity (Wildman–Crippen MR) is 60.5 cm³/mol. The number of aromatic nitrogens is 1. The molecule has 0 saturated heterocycles. The van der Waals surface area contributed by atoms with Gasteiger partial charge in [0.2, 0.25) is 10.0 Å². The molecule has 0 amide bonds. The number of nitrogens with zero attached hydrogens (tertiary/aromatic N) is 1. The van der Waals surface area contributed by atoms with Gasteiger partial charge in [0, 0.05) is 6.20 Å². The van der Waals surface area contributed by atoms with E-state index in [4.69, 9.17) is 11.1 Å². The highest BCUT2D eigenvalue weighted by Gasteiger charge is 2.29. The number of nitrogens with two attached hydrogens (primary N) is 1. The Bertz CT molecular complexity index is 542. The Morgan fingerprint density at radius 3 is 2.59 bits per heavy atom. The van der Waals surface area contributed by atoms with Crippen LogP contribution in [-0.2, 0) is 10.0 Å². The Balaban J connectivity index is 3.10. The third-order valence-corrected chi connectivity index (χ3v) is 3.68. The summed E-state index contributed by atoms with van der Waals surface area (Å²) < 4.78 is 38.7. The molecule has 6 nitrogen and oxygen atoms in total. The van der Waals surface area contributed by atoms with Crippen molar-refractivity contribution in [2.45, 2.75) is 24.3 Å². The molecule has 0 aliphatic heterocycles. The van der Waals surface area contributed by atoms with Crippen LogP contribution < -0.4 is 10.5 Å². The van der Waals surface area contributed by atoms with Gasteiger partial charge in [-0.15, -0.1) is 0 Å². The first-order chi connectivity index (χ1) is 7.65. The van der Waals surface area contributed by atoms with Gasteiger partial charge < -0.3 is 5.73 Å². The number of nitrogens with one attached hydrogen (secondary N) is 2. The molecular formula is C9H13FN4O2S. The highest BCUT2D eigenvalue weighted by atomic mass is 32.2. The van der Waals surface area contributed by atoms with Crippen LogP contribution in [0.15, 0.2) is 23.4 Å². The molecule has 0 bridgehead atoms. The summed E-state index contributed by atoms with van der Waals surface area (Å²) in [4.78, 5) is 3.13. The van der Waals surface area contributed by atoms with E-state index in [0.717, 1.165) is 18.5 Å². The van der Waals surface area contributed by atoms with E-state index in [2.05, 4.69) is 9.71 Å². The van der Waals surface area contributed by atoms with Crippen molar-refractivity contribution < 1.29 is 12.8 Å². The maximum Gasteiger partial charge on any atom is 0.243 e. The Kier molecular flexibility index (Phi) is 3.48. The van der Waals surface area contributed by atoms with E-state index in [1.54, 1.807) is 0 Å². The van der Waals surface area contributed by atoms with Gasteiger partial charge in [-0.05, 0) is 19.9 Å². The second-order valence-corrected chi connectivity index (χ2v) is 5.67. The minimum atomic E-state index is -3.96. The van der Waals surface area contributed by atoms with E-state index >= 15 is 0 Å². The van der Waals surface area contributed by atoms with Gasteiger partial charge in [-0.1, -0.05) is 0 Å². The quantitative estimate of drug-likeness (QED) is 0.531. The Morgan fingerprint density at radius 2 is 2.12 bits per heavy atom. The van der Waals surface area contributed by atoms with E-state index in [1.165, 1.54) is 13.8 Å². The SMILES string of the molecule is CC(C)(NS(=O)(=O)c1cncc(F)c1)C(=N)N. The summed E-state index contributed by atoms with van der Waals surface area (Å²) in [5.74, 6) is -1.10. The Morgan fingerprint density at radius 1 is 1.53 bits per heavy atom. The lowest BCUT2D eigenvalue weighted by molar-refractivity contribution is 0.539. The monoisotopic (exact) mass is 260 g/mol. The molecular weight excluding hydrogens is 247 g/mol. The minimum Gasteiger partial charge on any atom is -0.386 e. The highest BCUT2D eigenvalue weighted by Crippen LogP contribution is 2.12. The van der Waals surface area contributed by atoms with Gasteiger partial charge in [0.15, 0.2) is 0 Å². The third-order valence-electron chi connectivity index (χ3n) is 2.05. The van der Waals surface area contributed by atoms with Crippen LogP contribution in [-0.4, -0.2) is 24.8 Å². The van der Waals surface area contributed by atoms with Crippen LogP contribution in [0.1, 0.15) is 13.8 Å². The molecule has 1 rings (SSSR count). The number of rotatable bonds is 4. The summed E-state index contributed by atoms with van der Waals surface area (Å²) in [6.07, 6.45) is 1.91. The van der Waals surface area contributed by atoms with Crippen LogP contribution in [0.2, 0.25) is 0 Å². The van der Waals surface area contributed by atoms with Crippen LogP contribution in [0.5, 0.6) is 0 Å². The average Bonchev–Trinajstić information content (AvgIpc) is 2.15. The fraction of sp³-hybridized carbons (Fsp3) is 0.333. The van der Waals surface area contributed by atoms with Crippen molar-refractivity contribution in [2.75, 3.05) is 0 Å². The van der Waals surface area contributed by atoms with Gasteiger partial charge in [0.1, 0.15) is 16.5 Å². The van der Waals surface area contributed by atoms with Gasteiger partial charge in [0.25, 0.3) is 0 Å². The van der Waals surface area contributed by atoms with Crippen molar-refractivity contribution in [1.82, 2.24) is 9.71 Å². The fourth-order valence-corrected chi connectivity index (χ4v) is 2.36. The van der Waals surface area contributed by atoms with Crippen molar-refractivity contribution in [3.63, 3.8) is 0 Å². The molecule has 17 heavy (non-hydrogen) atoms. The van der Waals surface area contributed by atoms with Crippen molar-refractivity contribution in [3.05, 3.63) is 24.3 Å². The van der Waals surface area contributed by atoms with Crippen LogP contribution in [0, 0.1) is 11.2 Å². The van der Waals surface area contributed by atoms with Gasteiger partial charge in [-0.25, -0.2) is 12.8 Å².